The van der Waals surface area contributed by atoms with Crippen LogP contribution in [0.5, 0.6) is 0 Å². The van der Waals surface area contributed by atoms with Gasteiger partial charge >= 0.3 is 0 Å². The van der Waals surface area contributed by atoms with Crippen LogP contribution in [0.15, 0.2) is 24.3 Å². The van der Waals surface area contributed by atoms with Gasteiger partial charge in [-0.05, 0) is 56.4 Å². The number of rotatable bonds is 5. The highest BCUT2D eigenvalue weighted by Crippen LogP contribution is 2.11. The number of amides is 1. The molecule has 0 radical (unpaired) electrons. The van der Waals surface area contributed by atoms with E-state index in [-0.39, 0.29) is 5.91 Å². The number of hydrogen-bond donors (Lipinski definition) is 1. The predicted molar refractivity (Wildman–Crippen MR) is 87.3 cm³/mol. The van der Waals surface area contributed by atoms with E-state index in [1.54, 1.807) is 0 Å². The molecule has 0 unspecified atom stereocenters. The Hall–Kier alpha value is -1.35. The number of carbonyl (C=O) groups is 1. The second-order valence-electron chi connectivity index (χ2n) is 6.74. The van der Waals surface area contributed by atoms with Crippen LogP contribution in [0.4, 0.5) is 0 Å². The van der Waals surface area contributed by atoms with Gasteiger partial charge in [-0.15, -0.1) is 0 Å². The summed E-state index contributed by atoms with van der Waals surface area (Å²) in [7, 11) is 2.14. The molecule has 1 aromatic rings. The molecule has 0 atom stereocenters. The third kappa shape index (κ3) is 5.50. The lowest BCUT2D eigenvalue weighted by molar-refractivity contribution is -0.121. The molecule has 1 fully saturated rings. The summed E-state index contributed by atoms with van der Waals surface area (Å²) in [6.45, 7) is 6.61. The fourth-order valence-electron chi connectivity index (χ4n) is 2.88. The van der Waals surface area contributed by atoms with Crippen molar-refractivity contribution >= 4 is 5.91 Å². The van der Waals surface area contributed by atoms with E-state index in [2.05, 4.69) is 55.4 Å². The minimum absolute atomic E-state index is 0.154. The van der Waals surface area contributed by atoms with E-state index in [9.17, 15) is 4.79 Å². The summed E-state index contributed by atoms with van der Waals surface area (Å²) >= 11 is 0. The summed E-state index contributed by atoms with van der Waals surface area (Å²) in [6, 6.07) is 8.84. The zero-order valence-corrected chi connectivity index (χ0v) is 13.6. The predicted octanol–water partition coefficient (Wildman–Crippen LogP) is 2.64. The van der Waals surface area contributed by atoms with E-state index < -0.39 is 0 Å². The van der Waals surface area contributed by atoms with Crippen LogP contribution in [0.1, 0.15) is 37.8 Å². The van der Waals surface area contributed by atoms with Crippen molar-refractivity contribution in [3.8, 4) is 0 Å². The number of hydrogen-bond acceptors (Lipinski definition) is 2. The van der Waals surface area contributed by atoms with Gasteiger partial charge in [-0.3, -0.25) is 4.79 Å². The van der Waals surface area contributed by atoms with Gasteiger partial charge in [0.2, 0.25) is 5.91 Å². The van der Waals surface area contributed by atoms with Crippen LogP contribution in [0.2, 0.25) is 0 Å². The Bertz CT molecular complexity index is 445. The Morgan fingerprint density at radius 3 is 2.33 bits per heavy atom. The van der Waals surface area contributed by atoms with E-state index in [1.807, 2.05) is 0 Å². The molecule has 1 saturated heterocycles. The molecule has 0 bridgehead atoms. The molecule has 1 N–H and O–H groups in total. The average Bonchev–Trinajstić information content (AvgIpc) is 2.43. The SMILES string of the molecule is CC(C)Cc1ccc(CC(=O)NC2CCN(C)CC2)cc1. The first-order valence-corrected chi connectivity index (χ1v) is 8.08. The molecule has 0 saturated carbocycles. The van der Waals surface area contributed by atoms with Gasteiger partial charge in [0.1, 0.15) is 0 Å². The summed E-state index contributed by atoms with van der Waals surface area (Å²) < 4.78 is 0. The van der Waals surface area contributed by atoms with Crippen molar-refractivity contribution in [3.63, 3.8) is 0 Å². The summed E-state index contributed by atoms with van der Waals surface area (Å²) in [5.74, 6) is 0.824. The molecule has 2 rings (SSSR count). The average molecular weight is 288 g/mol. The summed E-state index contributed by atoms with van der Waals surface area (Å²) in [5, 5.41) is 3.17. The first kappa shape index (κ1) is 16.0. The van der Waals surface area contributed by atoms with E-state index >= 15 is 0 Å². The van der Waals surface area contributed by atoms with Crippen molar-refractivity contribution in [2.75, 3.05) is 20.1 Å². The van der Waals surface area contributed by atoms with Gasteiger partial charge < -0.3 is 10.2 Å². The lowest BCUT2D eigenvalue weighted by Gasteiger charge is -2.29. The Morgan fingerprint density at radius 2 is 1.76 bits per heavy atom. The third-order valence-electron chi connectivity index (χ3n) is 4.12. The number of carbonyl (C=O) groups excluding carboxylic acids is 1. The van der Waals surface area contributed by atoms with Gasteiger partial charge in [0, 0.05) is 6.04 Å². The molecule has 0 spiro atoms. The summed E-state index contributed by atoms with van der Waals surface area (Å²) in [5.41, 5.74) is 2.46. The van der Waals surface area contributed by atoms with Gasteiger partial charge in [-0.25, -0.2) is 0 Å². The van der Waals surface area contributed by atoms with E-state index in [4.69, 9.17) is 0 Å². The maximum absolute atomic E-state index is 12.1. The zero-order valence-electron chi connectivity index (χ0n) is 13.6. The van der Waals surface area contributed by atoms with E-state index in [1.165, 1.54) is 5.56 Å². The largest absolute Gasteiger partial charge is 0.353 e. The van der Waals surface area contributed by atoms with Gasteiger partial charge in [0.05, 0.1) is 6.42 Å². The van der Waals surface area contributed by atoms with Crippen LogP contribution >= 0.6 is 0 Å². The van der Waals surface area contributed by atoms with Crippen molar-refractivity contribution in [3.05, 3.63) is 35.4 Å². The standard InChI is InChI=1S/C18H28N2O/c1-14(2)12-15-4-6-16(7-5-15)13-18(21)19-17-8-10-20(3)11-9-17/h4-7,14,17H,8-13H2,1-3H3,(H,19,21). The highest BCUT2D eigenvalue weighted by molar-refractivity contribution is 5.78. The van der Waals surface area contributed by atoms with Crippen LogP contribution < -0.4 is 5.32 Å². The molecule has 1 aliphatic heterocycles. The molecule has 3 nitrogen and oxygen atoms in total. The van der Waals surface area contributed by atoms with Crippen molar-refractivity contribution in [1.82, 2.24) is 10.2 Å². The minimum atomic E-state index is 0.154. The van der Waals surface area contributed by atoms with Gasteiger partial charge in [0.15, 0.2) is 0 Å². The number of nitrogens with zero attached hydrogens (tertiary/aromatic N) is 1. The molecule has 1 aromatic carbocycles. The summed E-state index contributed by atoms with van der Waals surface area (Å²) in [6.07, 6.45) is 3.72. The number of likely N-dealkylation sites (tertiary alicyclic amines) is 1. The zero-order chi connectivity index (χ0) is 15.2. The molecular weight excluding hydrogens is 260 g/mol. The van der Waals surface area contributed by atoms with Crippen molar-refractivity contribution in [1.29, 1.82) is 0 Å². The van der Waals surface area contributed by atoms with Gasteiger partial charge in [-0.2, -0.15) is 0 Å². The van der Waals surface area contributed by atoms with Crippen LogP contribution in [-0.4, -0.2) is 37.0 Å². The molecular formula is C18H28N2O. The first-order chi connectivity index (χ1) is 10.0. The monoisotopic (exact) mass is 288 g/mol. The van der Waals surface area contributed by atoms with Crippen molar-refractivity contribution in [2.45, 2.75) is 45.6 Å². The van der Waals surface area contributed by atoms with Crippen molar-refractivity contribution < 1.29 is 4.79 Å². The Balaban J connectivity index is 1.79. The molecule has 0 aromatic heterocycles. The molecule has 3 heteroatoms. The minimum Gasteiger partial charge on any atom is -0.353 e. The number of benzene rings is 1. The molecule has 1 heterocycles. The topological polar surface area (TPSA) is 32.3 Å². The van der Waals surface area contributed by atoms with Crippen molar-refractivity contribution in [2.24, 2.45) is 5.92 Å². The molecule has 116 valence electrons. The maximum atomic E-state index is 12.1. The fraction of sp³-hybridized carbons (Fsp3) is 0.611. The maximum Gasteiger partial charge on any atom is 0.224 e. The fourth-order valence-corrected chi connectivity index (χ4v) is 2.88. The van der Waals surface area contributed by atoms with Crippen LogP contribution in [0, 0.1) is 5.92 Å². The van der Waals surface area contributed by atoms with E-state index in [0.29, 0.717) is 18.4 Å². The Kier molecular flexibility index (Phi) is 5.80. The summed E-state index contributed by atoms with van der Waals surface area (Å²) in [4.78, 5) is 14.4. The van der Waals surface area contributed by atoms with Crippen LogP contribution in [0.3, 0.4) is 0 Å². The Morgan fingerprint density at radius 1 is 1.19 bits per heavy atom. The second-order valence-corrected chi connectivity index (χ2v) is 6.74. The van der Waals surface area contributed by atoms with Crippen LogP contribution in [0.25, 0.3) is 0 Å². The van der Waals surface area contributed by atoms with Gasteiger partial charge in [0.25, 0.3) is 0 Å². The second kappa shape index (κ2) is 7.60. The van der Waals surface area contributed by atoms with Crippen LogP contribution in [-0.2, 0) is 17.6 Å². The number of piperidine rings is 1. The number of nitrogens with one attached hydrogen (secondary N) is 1. The normalized spacial score (nSPS) is 17.1. The molecule has 1 amide bonds. The quantitative estimate of drug-likeness (QED) is 0.903. The van der Waals surface area contributed by atoms with Gasteiger partial charge in [-0.1, -0.05) is 38.1 Å². The molecule has 1 aliphatic rings. The lowest BCUT2D eigenvalue weighted by atomic mass is 10.0. The van der Waals surface area contributed by atoms with E-state index in [0.717, 1.165) is 37.9 Å². The first-order valence-electron chi connectivity index (χ1n) is 8.08. The lowest BCUT2D eigenvalue weighted by Crippen LogP contribution is -2.43. The smallest absolute Gasteiger partial charge is 0.224 e. The third-order valence-corrected chi connectivity index (χ3v) is 4.12. The Labute approximate surface area is 128 Å². The highest BCUT2D eigenvalue weighted by Gasteiger charge is 2.18. The molecule has 21 heavy (non-hydrogen) atoms. The highest BCUT2D eigenvalue weighted by atomic mass is 16.1. The molecule has 0 aliphatic carbocycles.